The van der Waals surface area contributed by atoms with Crippen molar-refractivity contribution in [2.75, 3.05) is 0 Å². The number of nitrogens with two attached hydrogens (primary N) is 1. The Labute approximate surface area is 68.8 Å². The van der Waals surface area contributed by atoms with Gasteiger partial charge in [-0.05, 0) is 12.8 Å². The molecule has 6 nitrogen and oxygen atoms in total. The standard InChI is InChI=1S/C6H10N4O2/c7-5(6(11)12)2-1-4-3-8-10-9-4/h3,5H,1-2,7H2,(H,11,12)(H,8,9,10)/t5-/m0/s1. The van der Waals surface area contributed by atoms with Gasteiger partial charge in [-0.1, -0.05) is 0 Å². The number of aromatic amines is 1. The number of nitrogens with one attached hydrogen (secondary N) is 1. The zero-order valence-electron chi connectivity index (χ0n) is 6.40. The van der Waals surface area contributed by atoms with E-state index in [1.54, 1.807) is 6.20 Å². The third-order valence-corrected chi connectivity index (χ3v) is 1.49. The Kier molecular flexibility index (Phi) is 2.76. The van der Waals surface area contributed by atoms with Gasteiger partial charge in [0.05, 0.1) is 11.9 Å². The molecule has 0 aliphatic carbocycles. The molecule has 0 saturated heterocycles. The third kappa shape index (κ3) is 2.31. The van der Waals surface area contributed by atoms with Crippen molar-refractivity contribution in [3.63, 3.8) is 0 Å². The molecular weight excluding hydrogens is 160 g/mol. The zero-order chi connectivity index (χ0) is 8.97. The average Bonchev–Trinajstić information content (AvgIpc) is 2.51. The fourth-order valence-corrected chi connectivity index (χ4v) is 0.773. The van der Waals surface area contributed by atoms with E-state index in [-0.39, 0.29) is 0 Å². The summed E-state index contributed by atoms with van der Waals surface area (Å²) in [6, 6.07) is -0.818. The van der Waals surface area contributed by atoms with Crippen LogP contribution >= 0.6 is 0 Å². The molecule has 0 amide bonds. The number of hydrogen-bond acceptors (Lipinski definition) is 4. The van der Waals surface area contributed by atoms with Crippen LogP contribution in [0.4, 0.5) is 0 Å². The van der Waals surface area contributed by atoms with Crippen molar-refractivity contribution in [1.82, 2.24) is 15.4 Å². The van der Waals surface area contributed by atoms with Crippen molar-refractivity contribution in [2.24, 2.45) is 5.73 Å². The molecule has 0 saturated carbocycles. The van der Waals surface area contributed by atoms with Gasteiger partial charge in [0.25, 0.3) is 0 Å². The Morgan fingerprint density at radius 3 is 3.08 bits per heavy atom. The van der Waals surface area contributed by atoms with Gasteiger partial charge in [-0.15, -0.1) is 0 Å². The molecule has 1 rings (SSSR count). The van der Waals surface area contributed by atoms with Crippen LogP contribution in [-0.2, 0) is 11.2 Å². The molecule has 0 fully saturated rings. The lowest BCUT2D eigenvalue weighted by molar-refractivity contribution is -0.138. The second kappa shape index (κ2) is 3.82. The van der Waals surface area contributed by atoms with Crippen molar-refractivity contribution in [3.05, 3.63) is 11.9 Å². The predicted molar refractivity (Wildman–Crippen MR) is 40.3 cm³/mol. The summed E-state index contributed by atoms with van der Waals surface area (Å²) < 4.78 is 0. The quantitative estimate of drug-likeness (QED) is 0.545. The van der Waals surface area contributed by atoms with Crippen LogP contribution < -0.4 is 5.73 Å². The monoisotopic (exact) mass is 170 g/mol. The average molecular weight is 170 g/mol. The first kappa shape index (κ1) is 8.66. The number of rotatable bonds is 4. The van der Waals surface area contributed by atoms with Gasteiger partial charge in [-0.25, -0.2) is 0 Å². The molecular formula is C6H10N4O2. The number of carboxylic acids is 1. The third-order valence-electron chi connectivity index (χ3n) is 1.49. The highest BCUT2D eigenvalue weighted by Crippen LogP contribution is 1.98. The van der Waals surface area contributed by atoms with Crippen molar-refractivity contribution in [1.29, 1.82) is 0 Å². The van der Waals surface area contributed by atoms with E-state index in [9.17, 15) is 4.79 Å². The molecule has 1 aromatic rings. The first-order chi connectivity index (χ1) is 5.70. The van der Waals surface area contributed by atoms with Crippen LogP contribution in [0.1, 0.15) is 12.1 Å². The molecule has 1 heterocycles. The highest BCUT2D eigenvalue weighted by Gasteiger charge is 2.11. The SMILES string of the molecule is N[C@@H](CCc1cn[nH]n1)C(=O)O. The van der Waals surface area contributed by atoms with Crippen LogP contribution in [0, 0.1) is 0 Å². The van der Waals surface area contributed by atoms with E-state index in [4.69, 9.17) is 10.8 Å². The second-order valence-electron chi connectivity index (χ2n) is 2.44. The molecule has 6 heteroatoms. The van der Waals surface area contributed by atoms with E-state index >= 15 is 0 Å². The molecule has 0 spiro atoms. The lowest BCUT2D eigenvalue weighted by atomic mass is 10.1. The maximum atomic E-state index is 10.3. The van der Waals surface area contributed by atoms with Crippen LogP contribution in [0.2, 0.25) is 0 Å². The molecule has 1 atom stereocenters. The van der Waals surface area contributed by atoms with Crippen LogP contribution in [0.15, 0.2) is 6.20 Å². The number of H-pyrrole nitrogens is 1. The van der Waals surface area contributed by atoms with E-state index in [2.05, 4.69) is 15.4 Å². The van der Waals surface area contributed by atoms with E-state index in [0.29, 0.717) is 12.8 Å². The molecule has 1 aromatic heterocycles. The molecule has 0 aromatic carbocycles. The van der Waals surface area contributed by atoms with Crippen LogP contribution in [0.5, 0.6) is 0 Å². The van der Waals surface area contributed by atoms with Gasteiger partial charge in [0.1, 0.15) is 6.04 Å². The topological polar surface area (TPSA) is 105 Å². The maximum absolute atomic E-state index is 10.3. The van der Waals surface area contributed by atoms with Crippen molar-refractivity contribution < 1.29 is 9.90 Å². The number of aromatic nitrogens is 3. The number of carbonyl (C=O) groups is 1. The fourth-order valence-electron chi connectivity index (χ4n) is 0.773. The summed E-state index contributed by atoms with van der Waals surface area (Å²) in [6.45, 7) is 0. The number of carboxylic acid groups (broad SMARTS) is 1. The Morgan fingerprint density at radius 1 is 1.83 bits per heavy atom. The molecule has 0 bridgehead atoms. The van der Waals surface area contributed by atoms with Crippen LogP contribution in [-0.4, -0.2) is 32.5 Å². The highest BCUT2D eigenvalue weighted by atomic mass is 16.4. The zero-order valence-corrected chi connectivity index (χ0v) is 6.40. The van der Waals surface area contributed by atoms with Gasteiger partial charge in [-0.3, -0.25) is 4.79 Å². The minimum absolute atomic E-state index is 0.377. The smallest absolute Gasteiger partial charge is 0.320 e. The fraction of sp³-hybridized carbons (Fsp3) is 0.500. The minimum atomic E-state index is -0.988. The van der Waals surface area contributed by atoms with Crippen molar-refractivity contribution in [2.45, 2.75) is 18.9 Å². The number of aryl methyl sites for hydroxylation is 1. The first-order valence-electron chi connectivity index (χ1n) is 3.53. The summed E-state index contributed by atoms with van der Waals surface area (Å²) in [5.41, 5.74) is 6.00. The number of aliphatic carboxylic acids is 1. The highest BCUT2D eigenvalue weighted by molar-refractivity contribution is 5.72. The molecule has 0 aliphatic rings. The summed E-state index contributed by atoms with van der Waals surface area (Å²) in [4.78, 5) is 10.3. The summed E-state index contributed by atoms with van der Waals surface area (Å²) in [7, 11) is 0. The second-order valence-corrected chi connectivity index (χ2v) is 2.44. The van der Waals surface area contributed by atoms with Gasteiger partial charge < -0.3 is 10.8 Å². The normalized spacial score (nSPS) is 12.8. The Morgan fingerprint density at radius 2 is 2.58 bits per heavy atom. The van der Waals surface area contributed by atoms with Gasteiger partial charge in [0, 0.05) is 0 Å². The lowest BCUT2D eigenvalue weighted by Gasteiger charge is -2.02. The first-order valence-corrected chi connectivity index (χ1v) is 3.53. The van der Waals surface area contributed by atoms with Gasteiger partial charge >= 0.3 is 5.97 Å². The Hall–Kier alpha value is -1.43. The van der Waals surface area contributed by atoms with Crippen LogP contribution in [0.25, 0.3) is 0 Å². The maximum Gasteiger partial charge on any atom is 0.320 e. The van der Waals surface area contributed by atoms with Gasteiger partial charge in [0.2, 0.25) is 0 Å². The lowest BCUT2D eigenvalue weighted by Crippen LogP contribution is -2.30. The molecule has 12 heavy (non-hydrogen) atoms. The van der Waals surface area contributed by atoms with E-state index in [1.807, 2.05) is 0 Å². The molecule has 0 unspecified atom stereocenters. The van der Waals surface area contributed by atoms with Gasteiger partial charge in [0.15, 0.2) is 0 Å². The molecule has 0 radical (unpaired) electrons. The van der Waals surface area contributed by atoms with E-state index < -0.39 is 12.0 Å². The minimum Gasteiger partial charge on any atom is -0.480 e. The molecule has 0 aliphatic heterocycles. The van der Waals surface area contributed by atoms with Gasteiger partial charge in [-0.2, -0.15) is 15.4 Å². The van der Waals surface area contributed by atoms with Crippen molar-refractivity contribution >= 4 is 5.97 Å². The van der Waals surface area contributed by atoms with Crippen LogP contribution in [0.3, 0.4) is 0 Å². The summed E-state index contributed by atoms with van der Waals surface area (Å²) >= 11 is 0. The Balaban J connectivity index is 2.31. The summed E-state index contributed by atoms with van der Waals surface area (Å²) in [5, 5.41) is 18.2. The van der Waals surface area contributed by atoms with E-state index in [1.165, 1.54) is 0 Å². The molecule has 66 valence electrons. The van der Waals surface area contributed by atoms with E-state index in [0.717, 1.165) is 5.69 Å². The Bertz CT molecular complexity index is 246. The summed E-state index contributed by atoms with van der Waals surface area (Å²) in [6.07, 6.45) is 2.46. The predicted octanol–water partition coefficient (Wildman–Crippen LogP) is -0.851. The summed E-state index contributed by atoms with van der Waals surface area (Å²) in [5.74, 6) is -0.988. The number of nitrogens with zero attached hydrogens (tertiary/aromatic N) is 2. The largest absolute Gasteiger partial charge is 0.480 e. The molecule has 4 N–H and O–H groups in total. The van der Waals surface area contributed by atoms with Crippen molar-refractivity contribution in [3.8, 4) is 0 Å². The number of hydrogen-bond donors (Lipinski definition) is 3.